The lowest BCUT2D eigenvalue weighted by atomic mass is 10.5. The maximum atomic E-state index is 10.8. The van der Waals surface area contributed by atoms with Crippen LogP contribution in [0.15, 0.2) is 15.8 Å². The minimum atomic E-state index is -1.71. The Labute approximate surface area is 74.4 Å². The topological polar surface area (TPSA) is 135 Å². The molecule has 0 saturated carbocycles. The van der Waals surface area contributed by atoms with Crippen molar-refractivity contribution in [3.63, 3.8) is 0 Å². The highest BCUT2D eigenvalue weighted by Crippen LogP contribution is 1.97. The molecular formula is C5H3N3O6. The van der Waals surface area contributed by atoms with E-state index in [1.807, 2.05) is 0 Å². The molecule has 0 atom stereocenters. The molecule has 1 aromatic heterocycles. The Kier molecular flexibility index (Phi) is 2.15. The average Bonchev–Trinajstić information content (AvgIpc) is 2.02. The van der Waals surface area contributed by atoms with Gasteiger partial charge in [0, 0.05) is 0 Å². The Bertz CT molecular complexity index is 468. The van der Waals surface area contributed by atoms with Crippen LogP contribution in [0, 0.1) is 10.1 Å². The van der Waals surface area contributed by atoms with Crippen LogP contribution in [0.5, 0.6) is 0 Å². The standard InChI is InChI=1S/C5H3N3O6/c9-3-2(8(13)14)1-7(5(11)12)4(10)6-3/h1H,(H,11,12)(H,6,9,10). The van der Waals surface area contributed by atoms with Crippen molar-refractivity contribution in [1.29, 1.82) is 0 Å². The van der Waals surface area contributed by atoms with E-state index < -0.39 is 28.0 Å². The summed E-state index contributed by atoms with van der Waals surface area (Å²) in [6.07, 6.45) is -1.36. The molecule has 1 heterocycles. The third kappa shape index (κ3) is 1.50. The number of rotatable bonds is 1. The van der Waals surface area contributed by atoms with Crippen LogP contribution in [0.25, 0.3) is 0 Å². The molecule has 0 aliphatic rings. The summed E-state index contributed by atoms with van der Waals surface area (Å²) in [5, 5.41) is 18.6. The first-order valence-corrected chi connectivity index (χ1v) is 3.17. The summed E-state index contributed by atoms with van der Waals surface area (Å²) in [6.45, 7) is 0. The van der Waals surface area contributed by atoms with Crippen molar-refractivity contribution in [2.75, 3.05) is 0 Å². The van der Waals surface area contributed by atoms with Crippen molar-refractivity contribution in [2.45, 2.75) is 0 Å². The summed E-state index contributed by atoms with van der Waals surface area (Å²) >= 11 is 0. The van der Waals surface area contributed by atoms with Gasteiger partial charge < -0.3 is 5.11 Å². The molecule has 74 valence electrons. The highest BCUT2D eigenvalue weighted by molar-refractivity contribution is 5.67. The summed E-state index contributed by atoms with van der Waals surface area (Å²) in [5.74, 6) is 0. The molecule has 0 aliphatic carbocycles. The SMILES string of the molecule is O=C(O)n1cc([N+](=O)[O-])c(=O)[nH]c1=O. The number of nitro groups is 1. The van der Waals surface area contributed by atoms with Crippen molar-refractivity contribution >= 4 is 11.8 Å². The largest absolute Gasteiger partial charge is 0.464 e. The summed E-state index contributed by atoms with van der Waals surface area (Å²) < 4.78 is 0.0134. The molecule has 1 aromatic rings. The van der Waals surface area contributed by atoms with Crippen molar-refractivity contribution < 1.29 is 14.8 Å². The lowest BCUT2D eigenvalue weighted by molar-refractivity contribution is -0.386. The molecule has 14 heavy (non-hydrogen) atoms. The van der Waals surface area contributed by atoms with Gasteiger partial charge in [-0.15, -0.1) is 0 Å². The number of aromatic amines is 1. The molecule has 0 radical (unpaired) electrons. The molecule has 0 amide bonds. The van der Waals surface area contributed by atoms with E-state index in [0.717, 1.165) is 0 Å². The normalized spacial score (nSPS) is 9.71. The molecule has 2 N–H and O–H groups in total. The first-order chi connectivity index (χ1) is 6.43. The Hall–Kier alpha value is -2.45. The Morgan fingerprint density at radius 3 is 2.57 bits per heavy atom. The highest BCUT2D eigenvalue weighted by atomic mass is 16.6. The van der Waals surface area contributed by atoms with Crippen LogP contribution < -0.4 is 11.2 Å². The zero-order chi connectivity index (χ0) is 10.9. The Morgan fingerprint density at radius 1 is 1.57 bits per heavy atom. The van der Waals surface area contributed by atoms with Crippen LogP contribution in [0.2, 0.25) is 0 Å². The van der Waals surface area contributed by atoms with Crippen molar-refractivity contribution in [1.82, 2.24) is 9.55 Å². The quantitative estimate of drug-likeness (QED) is 0.440. The number of nitrogens with zero attached hydrogens (tertiary/aromatic N) is 2. The van der Waals surface area contributed by atoms with Crippen LogP contribution in [0.1, 0.15) is 0 Å². The molecule has 0 bridgehead atoms. The van der Waals surface area contributed by atoms with Gasteiger partial charge >= 0.3 is 23.0 Å². The van der Waals surface area contributed by atoms with Gasteiger partial charge in [0.15, 0.2) is 0 Å². The van der Waals surface area contributed by atoms with E-state index in [4.69, 9.17) is 5.11 Å². The summed E-state index contributed by atoms with van der Waals surface area (Å²) in [7, 11) is 0. The van der Waals surface area contributed by atoms with Gasteiger partial charge in [-0.1, -0.05) is 0 Å². The van der Waals surface area contributed by atoms with E-state index in [1.54, 1.807) is 0 Å². The second kappa shape index (κ2) is 3.12. The lowest BCUT2D eigenvalue weighted by Gasteiger charge is -1.95. The van der Waals surface area contributed by atoms with E-state index in [2.05, 4.69) is 0 Å². The van der Waals surface area contributed by atoms with Crippen molar-refractivity contribution in [2.24, 2.45) is 0 Å². The fourth-order valence-corrected chi connectivity index (χ4v) is 0.733. The van der Waals surface area contributed by atoms with Crippen molar-refractivity contribution in [3.8, 4) is 0 Å². The summed E-state index contributed by atoms with van der Waals surface area (Å²) in [4.78, 5) is 42.4. The molecule has 0 aliphatic heterocycles. The lowest BCUT2D eigenvalue weighted by Crippen LogP contribution is -2.33. The molecule has 0 fully saturated rings. The van der Waals surface area contributed by atoms with Gasteiger partial charge in [0.2, 0.25) is 0 Å². The smallest absolute Gasteiger partial charge is 0.419 e. The van der Waals surface area contributed by atoms with Gasteiger partial charge in [0.25, 0.3) is 0 Å². The monoisotopic (exact) mass is 201 g/mol. The molecule has 0 aromatic carbocycles. The zero-order valence-electron chi connectivity index (χ0n) is 6.46. The van der Waals surface area contributed by atoms with E-state index in [9.17, 15) is 24.5 Å². The second-order valence-corrected chi connectivity index (χ2v) is 2.18. The number of hydrogen-bond acceptors (Lipinski definition) is 5. The molecule has 9 nitrogen and oxygen atoms in total. The average molecular weight is 201 g/mol. The maximum Gasteiger partial charge on any atom is 0.419 e. The first kappa shape index (κ1) is 9.64. The third-order valence-electron chi connectivity index (χ3n) is 1.33. The Morgan fingerprint density at radius 2 is 2.14 bits per heavy atom. The van der Waals surface area contributed by atoms with Crippen LogP contribution in [-0.4, -0.2) is 25.7 Å². The van der Waals surface area contributed by atoms with Crippen LogP contribution in [-0.2, 0) is 0 Å². The predicted octanol–water partition coefficient (Wildman–Crippen LogP) is -1.03. The van der Waals surface area contributed by atoms with Gasteiger partial charge in [-0.3, -0.25) is 19.9 Å². The number of hydrogen-bond donors (Lipinski definition) is 2. The van der Waals surface area contributed by atoms with Gasteiger partial charge in [0.1, 0.15) is 6.20 Å². The van der Waals surface area contributed by atoms with Crippen molar-refractivity contribution in [3.05, 3.63) is 37.1 Å². The first-order valence-electron chi connectivity index (χ1n) is 3.17. The minimum absolute atomic E-state index is 0.0134. The van der Waals surface area contributed by atoms with Crippen LogP contribution in [0.4, 0.5) is 10.5 Å². The number of nitrogens with one attached hydrogen (secondary N) is 1. The van der Waals surface area contributed by atoms with E-state index in [0.29, 0.717) is 6.20 Å². The summed E-state index contributed by atoms with van der Waals surface area (Å²) in [6, 6.07) is 0. The molecule has 1 rings (SSSR count). The van der Waals surface area contributed by atoms with E-state index in [-0.39, 0.29) is 4.57 Å². The molecule has 0 saturated heterocycles. The number of aromatic nitrogens is 2. The molecule has 0 unspecified atom stereocenters. The number of carboxylic acid groups (broad SMARTS) is 1. The minimum Gasteiger partial charge on any atom is -0.464 e. The molecule has 0 spiro atoms. The number of H-pyrrole nitrogens is 1. The third-order valence-corrected chi connectivity index (χ3v) is 1.33. The molecular weight excluding hydrogens is 198 g/mol. The van der Waals surface area contributed by atoms with Crippen LogP contribution in [0.3, 0.4) is 0 Å². The molecule has 9 heteroatoms. The van der Waals surface area contributed by atoms with E-state index in [1.165, 1.54) is 4.98 Å². The van der Waals surface area contributed by atoms with Gasteiger partial charge in [-0.2, -0.15) is 4.57 Å². The highest BCUT2D eigenvalue weighted by Gasteiger charge is 2.17. The zero-order valence-corrected chi connectivity index (χ0v) is 6.46. The predicted molar refractivity (Wildman–Crippen MR) is 41.4 cm³/mol. The van der Waals surface area contributed by atoms with Crippen LogP contribution >= 0.6 is 0 Å². The second-order valence-electron chi connectivity index (χ2n) is 2.18. The summed E-state index contributed by atoms with van der Waals surface area (Å²) in [5.41, 5.74) is -3.49. The van der Waals surface area contributed by atoms with E-state index >= 15 is 0 Å². The fraction of sp³-hybridized carbons (Fsp3) is 0. The maximum absolute atomic E-state index is 10.8. The Balaban J connectivity index is 3.59. The van der Waals surface area contributed by atoms with Gasteiger partial charge in [-0.25, -0.2) is 9.59 Å². The van der Waals surface area contributed by atoms with Gasteiger partial charge in [-0.05, 0) is 0 Å². The van der Waals surface area contributed by atoms with Gasteiger partial charge in [0.05, 0.1) is 4.92 Å². The fourth-order valence-electron chi connectivity index (χ4n) is 0.733. The number of carbonyl (C=O) groups is 1.